The van der Waals surface area contributed by atoms with E-state index >= 15 is 0 Å². The monoisotopic (exact) mass is 350 g/mol. The van der Waals surface area contributed by atoms with Crippen LogP contribution in [0.25, 0.3) is 0 Å². The molecule has 1 amide bonds. The summed E-state index contributed by atoms with van der Waals surface area (Å²) < 4.78 is 10.5. The van der Waals surface area contributed by atoms with Gasteiger partial charge >= 0.3 is 0 Å². The van der Waals surface area contributed by atoms with Gasteiger partial charge in [0.2, 0.25) is 5.95 Å². The Bertz CT molecular complexity index is 915. The van der Waals surface area contributed by atoms with Crippen LogP contribution in [0.2, 0.25) is 0 Å². The topological polar surface area (TPSA) is 85.4 Å². The van der Waals surface area contributed by atoms with Gasteiger partial charge in [-0.2, -0.15) is 0 Å². The number of para-hydroxylation sites is 4. The van der Waals surface area contributed by atoms with Gasteiger partial charge in [0, 0.05) is 6.20 Å². The lowest BCUT2D eigenvalue weighted by Crippen LogP contribution is -2.15. The zero-order chi connectivity index (χ0) is 18.4. The van der Waals surface area contributed by atoms with E-state index in [2.05, 4.69) is 20.6 Å². The molecule has 0 fully saturated rings. The Morgan fingerprint density at radius 3 is 2.19 bits per heavy atom. The second-order valence-corrected chi connectivity index (χ2v) is 5.25. The molecule has 0 aliphatic rings. The van der Waals surface area contributed by atoms with Crippen molar-refractivity contribution in [3.05, 3.63) is 66.5 Å². The number of benzene rings is 2. The molecule has 0 aliphatic carbocycles. The lowest BCUT2D eigenvalue weighted by molar-refractivity contribution is 0.102. The van der Waals surface area contributed by atoms with Crippen molar-refractivity contribution in [2.24, 2.45) is 0 Å². The molecular formula is C19H18N4O3. The largest absolute Gasteiger partial charge is 0.495 e. The van der Waals surface area contributed by atoms with E-state index in [-0.39, 0.29) is 11.6 Å². The Kier molecular flexibility index (Phi) is 5.28. The van der Waals surface area contributed by atoms with Crippen LogP contribution < -0.4 is 20.1 Å². The lowest BCUT2D eigenvalue weighted by Gasteiger charge is -2.11. The fourth-order valence-corrected chi connectivity index (χ4v) is 2.35. The molecule has 2 N–H and O–H groups in total. The average molecular weight is 350 g/mol. The van der Waals surface area contributed by atoms with Crippen LogP contribution >= 0.6 is 0 Å². The molecule has 0 spiro atoms. The molecule has 0 bridgehead atoms. The van der Waals surface area contributed by atoms with Gasteiger partial charge in [-0.3, -0.25) is 4.79 Å². The first-order chi connectivity index (χ1) is 12.7. The summed E-state index contributed by atoms with van der Waals surface area (Å²) in [5.74, 6) is 1.16. The predicted octanol–water partition coefficient (Wildman–Crippen LogP) is 3.49. The van der Waals surface area contributed by atoms with Crippen LogP contribution in [-0.4, -0.2) is 30.1 Å². The zero-order valence-electron chi connectivity index (χ0n) is 14.4. The van der Waals surface area contributed by atoms with Crippen molar-refractivity contribution in [1.29, 1.82) is 0 Å². The zero-order valence-corrected chi connectivity index (χ0v) is 14.4. The number of rotatable bonds is 6. The van der Waals surface area contributed by atoms with Crippen LogP contribution in [0.15, 0.2) is 60.8 Å². The van der Waals surface area contributed by atoms with Gasteiger partial charge in [0.15, 0.2) is 0 Å². The van der Waals surface area contributed by atoms with Crippen molar-refractivity contribution >= 4 is 23.2 Å². The van der Waals surface area contributed by atoms with Gasteiger partial charge in [-0.25, -0.2) is 9.97 Å². The van der Waals surface area contributed by atoms with Crippen molar-refractivity contribution in [2.45, 2.75) is 0 Å². The van der Waals surface area contributed by atoms with E-state index in [1.165, 1.54) is 12.3 Å². The highest BCUT2D eigenvalue weighted by Gasteiger charge is 2.12. The third-order valence-electron chi connectivity index (χ3n) is 3.60. The summed E-state index contributed by atoms with van der Waals surface area (Å²) in [7, 11) is 3.13. The number of ether oxygens (including phenoxy) is 2. The number of methoxy groups -OCH3 is 2. The van der Waals surface area contributed by atoms with Gasteiger partial charge in [0.25, 0.3) is 5.91 Å². The standard InChI is InChI=1S/C19H18N4O3/c1-25-16-9-5-3-7-13(16)21-18(24)15-11-12-20-19(23-15)22-14-8-4-6-10-17(14)26-2/h3-12H,1-2H3,(H,21,24)(H,20,22,23). The summed E-state index contributed by atoms with van der Waals surface area (Å²) in [5, 5.41) is 5.84. The van der Waals surface area contributed by atoms with Crippen LogP contribution in [0.5, 0.6) is 11.5 Å². The van der Waals surface area contributed by atoms with Gasteiger partial charge in [-0.05, 0) is 30.3 Å². The number of hydrogen-bond donors (Lipinski definition) is 2. The van der Waals surface area contributed by atoms with E-state index in [0.29, 0.717) is 28.8 Å². The van der Waals surface area contributed by atoms with Crippen molar-refractivity contribution < 1.29 is 14.3 Å². The fraction of sp³-hybridized carbons (Fsp3) is 0.105. The van der Waals surface area contributed by atoms with E-state index in [0.717, 1.165) is 0 Å². The first-order valence-electron chi connectivity index (χ1n) is 7.88. The molecule has 1 heterocycles. The first-order valence-corrected chi connectivity index (χ1v) is 7.88. The molecule has 0 unspecified atom stereocenters. The highest BCUT2D eigenvalue weighted by molar-refractivity contribution is 6.03. The lowest BCUT2D eigenvalue weighted by atomic mass is 10.2. The van der Waals surface area contributed by atoms with Gasteiger partial charge in [0.05, 0.1) is 25.6 Å². The molecule has 132 valence electrons. The van der Waals surface area contributed by atoms with Gasteiger partial charge in [-0.1, -0.05) is 24.3 Å². The Morgan fingerprint density at radius 1 is 0.885 bits per heavy atom. The van der Waals surface area contributed by atoms with Crippen molar-refractivity contribution in [3.8, 4) is 11.5 Å². The molecule has 1 aromatic heterocycles. The maximum absolute atomic E-state index is 12.5. The smallest absolute Gasteiger partial charge is 0.274 e. The van der Waals surface area contributed by atoms with Crippen LogP contribution in [-0.2, 0) is 0 Å². The Morgan fingerprint density at radius 2 is 1.50 bits per heavy atom. The first kappa shape index (κ1) is 17.2. The number of carbonyl (C=O) groups excluding carboxylic acids is 1. The molecule has 0 aliphatic heterocycles. The molecule has 7 nitrogen and oxygen atoms in total. The van der Waals surface area contributed by atoms with Crippen LogP contribution in [0.1, 0.15) is 10.5 Å². The fourth-order valence-electron chi connectivity index (χ4n) is 2.35. The van der Waals surface area contributed by atoms with Gasteiger partial charge in [0.1, 0.15) is 17.2 Å². The summed E-state index contributed by atoms with van der Waals surface area (Å²) in [6.45, 7) is 0. The van der Waals surface area contributed by atoms with Crippen molar-refractivity contribution in [1.82, 2.24) is 9.97 Å². The second kappa shape index (κ2) is 7.98. The quantitative estimate of drug-likeness (QED) is 0.708. The van der Waals surface area contributed by atoms with Crippen molar-refractivity contribution in [2.75, 3.05) is 24.9 Å². The molecule has 26 heavy (non-hydrogen) atoms. The van der Waals surface area contributed by atoms with E-state index in [9.17, 15) is 4.79 Å². The molecule has 0 saturated heterocycles. The highest BCUT2D eigenvalue weighted by Crippen LogP contribution is 2.26. The Balaban J connectivity index is 1.79. The second-order valence-electron chi connectivity index (χ2n) is 5.25. The number of nitrogens with one attached hydrogen (secondary N) is 2. The summed E-state index contributed by atoms with van der Waals surface area (Å²) >= 11 is 0. The number of carbonyl (C=O) groups is 1. The molecule has 0 radical (unpaired) electrons. The number of anilines is 3. The summed E-state index contributed by atoms with van der Waals surface area (Å²) in [6, 6.07) is 16.1. The minimum Gasteiger partial charge on any atom is -0.495 e. The third-order valence-corrected chi connectivity index (χ3v) is 3.60. The van der Waals surface area contributed by atoms with Gasteiger partial charge < -0.3 is 20.1 Å². The Hall–Kier alpha value is -3.61. The maximum atomic E-state index is 12.5. The average Bonchev–Trinajstić information content (AvgIpc) is 2.69. The summed E-state index contributed by atoms with van der Waals surface area (Å²) in [6.07, 6.45) is 1.52. The SMILES string of the molecule is COc1ccccc1NC(=O)c1ccnc(Nc2ccccc2OC)n1. The van der Waals surface area contributed by atoms with Crippen molar-refractivity contribution in [3.63, 3.8) is 0 Å². The van der Waals surface area contributed by atoms with Gasteiger partial charge in [-0.15, -0.1) is 0 Å². The minimum absolute atomic E-state index is 0.225. The van der Waals surface area contributed by atoms with Crippen LogP contribution in [0, 0.1) is 0 Å². The number of nitrogens with zero attached hydrogens (tertiary/aromatic N) is 2. The minimum atomic E-state index is -0.361. The molecule has 2 aromatic carbocycles. The molecular weight excluding hydrogens is 332 g/mol. The molecule has 3 rings (SSSR count). The van der Waals surface area contributed by atoms with E-state index in [4.69, 9.17) is 9.47 Å². The normalized spacial score (nSPS) is 10.1. The third kappa shape index (κ3) is 3.89. The van der Waals surface area contributed by atoms with E-state index < -0.39 is 0 Å². The summed E-state index contributed by atoms with van der Waals surface area (Å²) in [4.78, 5) is 20.9. The van der Waals surface area contributed by atoms with Crippen LogP contribution in [0.3, 0.4) is 0 Å². The van der Waals surface area contributed by atoms with Crippen LogP contribution in [0.4, 0.5) is 17.3 Å². The predicted molar refractivity (Wildman–Crippen MR) is 99.3 cm³/mol. The molecule has 3 aromatic rings. The number of hydrogen-bond acceptors (Lipinski definition) is 6. The molecule has 0 saturated carbocycles. The number of amides is 1. The van der Waals surface area contributed by atoms with E-state index in [1.54, 1.807) is 26.4 Å². The maximum Gasteiger partial charge on any atom is 0.274 e. The molecule has 0 atom stereocenters. The van der Waals surface area contributed by atoms with E-state index in [1.807, 2.05) is 36.4 Å². The number of aromatic nitrogens is 2. The highest BCUT2D eigenvalue weighted by atomic mass is 16.5. The molecule has 7 heteroatoms. The Labute approximate surface area is 151 Å². The summed E-state index contributed by atoms with van der Waals surface area (Å²) in [5.41, 5.74) is 1.50.